The largest absolute Gasteiger partial charge is 0.458 e. The molecule has 28 heavy (non-hydrogen) atoms. The standard InChI is InChI=1S/C23H17ClN2O2/c24-19-11-13-21-25-23(18-9-5-2-6-10-18)20(26(21)15-19)12-14-22(27)28-16-17-7-3-1-4-8-17/h1-15H,16H2/b14-12+. The topological polar surface area (TPSA) is 43.6 Å². The SMILES string of the molecule is O=C(/C=C/c1c(-c2ccccc2)nc2ccc(Cl)cn12)OCc1ccccc1. The van der Waals surface area contributed by atoms with Crippen molar-refractivity contribution in [3.63, 3.8) is 0 Å². The third-order valence-electron chi connectivity index (χ3n) is 4.27. The summed E-state index contributed by atoms with van der Waals surface area (Å²) in [5.41, 5.74) is 4.19. The van der Waals surface area contributed by atoms with Gasteiger partial charge in [-0.2, -0.15) is 0 Å². The number of carbonyl (C=O) groups is 1. The number of halogens is 1. The molecule has 0 spiro atoms. The molecule has 0 aliphatic carbocycles. The lowest BCUT2D eigenvalue weighted by atomic mass is 10.1. The van der Waals surface area contributed by atoms with Gasteiger partial charge in [-0.05, 0) is 23.8 Å². The Hall–Kier alpha value is -3.37. The molecular weight excluding hydrogens is 372 g/mol. The molecule has 0 saturated heterocycles. The van der Waals surface area contributed by atoms with Gasteiger partial charge >= 0.3 is 5.97 Å². The molecule has 0 unspecified atom stereocenters. The van der Waals surface area contributed by atoms with E-state index in [1.54, 1.807) is 18.3 Å². The lowest BCUT2D eigenvalue weighted by molar-refractivity contribution is -0.138. The molecule has 5 heteroatoms. The highest BCUT2D eigenvalue weighted by molar-refractivity contribution is 6.30. The number of carbonyl (C=O) groups excluding carboxylic acids is 1. The number of ether oxygens (including phenoxy) is 1. The smallest absolute Gasteiger partial charge is 0.331 e. The van der Waals surface area contributed by atoms with E-state index >= 15 is 0 Å². The van der Waals surface area contributed by atoms with Crippen LogP contribution in [0.5, 0.6) is 0 Å². The van der Waals surface area contributed by atoms with Gasteiger partial charge in [0.15, 0.2) is 0 Å². The van der Waals surface area contributed by atoms with E-state index in [1.807, 2.05) is 71.1 Å². The van der Waals surface area contributed by atoms with Crippen molar-refractivity contribution in [2.24, 2.45) is 0 Å². The van der Waals surface area contributed by atoms with Crippen molar-refractivity contribution in [1.82, 2.24) is 9.38 Å². The predicted octanol–water partition coefficient (Wildman–Crippen LogP) is 5.41. The third kappa shape index (κ3) is 3.97. The summed E-state index contributed by atoms with van der Waals surface area (Å²) in [5, 5.41) is 0.589. The fraction of sp³-hybridized carbons (Fsp3) is 0.0435. The average Bonchev–Trinajstić information content (AvgIpc) is 3.10. The van der Waals surface area contributed by atoms with E-state index < -0.39 is 5.97 Å². The Bertz CT molecular complexity index is 1140. The van der Waals surface area contributed by atoms with Crippen LogP contribution in [-0.2, 0) is 16.1 Å². The van der Waals surface area contributed by atoms with Gasteiger partial charge in [-0.1, -0.05) is 72.3 Å². The van der Waals surface area contributed by atoms with Crippen LogP contribution >= 0.6 is 11.6 Å². The molecule has 2 aromatic carbocycles. The van der Waals surface area contributed by atoms with Crippen LogP contribution in [-0.4, -0.2) is 15.4 Å². The number of imidazole rings is 1. The number of aromatic nitrogens is 2. The highest BCUT2D eigenvalue weighted by Gasteiger charge is 2.12. The monoisotopic (exact) mass is 388 g/mol. The number of benzene rings is 2. The van der Waals surface area contributed by atoms with Gasteiger partial charge < -0.3 is 4.74 Å². The molecule has 0 fully saturated rings. The van der Waals surface area contributed by atoms with Gasteiger partial charge in [-0.15, -0.1) is 0 Å². The zero-order chi connectivity index (χ0) is 19.3. The van der Waals surface area contributed by atoms with Crippen molar-refractivity contribution in [3.8, 4) is 11.3 Å². The summed E-state index contributed by atoms with van der Waals surface area (Å²) >= 11 is 6.16. The maximum Gasteiger partial charge on any atom is 0.331 e. The minimum atomic E-state index is -0.417. The lowest BCUT2D eigenvalue weighted by Crippen LogP contribution is -2.00. The van der Waals surface area contributed by atoms with Gasteiger partial charge in [0.1, 0.15) is 12.3 Å². The molecule has 0 N–H and O–H groups in total. The maximum absolute atomic E-state index is 12.2. The molecule has 0 amide bonds. The van der Waals surface area contributed by atoms with Crippen LogP contribution in [0.3, 0.4) is 0 Å². The maximum atomic E-state index is 12.2. The van der Waals surface area contributed by atoms with Crippen molar-refractivity contribution in [2.75, 3.05) is 0 Å². The van der Waals surface area contributed by atoms with Crippen LogP contribution < -0.4 is 0 Å². The summed E-state index contributed by atoms with van der Waals surface area (Å²) in [6, 6.07) is 23.0. The molecule has 2 aromatic heterocycles. The highest BCUT2D eigenvalue weighted by Crippen LogP contribution is 2.26. The second-order valence-corrected chi connectivity index (χ2v) is 6.65. The molecule has 0 bridgehead atoms. The number of fused-ring (bicyclic) bond motifs is 1. The quantitative estimate of drug-likeness (QED) is 0.339. The van der Waals surface area contributed by atoms with Gasteiger partial charge in [0.2, 0.25) is 0 Å². The van der Waals surface area contributed by atoms with E-state index in [0.29, 0.717) is 5.02 Å². The zero-order valence-electron chi connectivity index (χ0n) is 15.0. The van der Waals surface area contributed by atoms with Crippen LogP contribution in [0.2, 0.25) is 5.02 Å². The van der Waals surface area contributed by atoms with Crippen LogP contribution in [0, 0.1) is 0 Å². The van der Waals surface area contributed by atoms with Crippen molar-refractivity contribution >= 4 is 29.3 Å². The third-order valence-corrected chi connectivity index (χ3v) is 4.49. The molecule has 138 valence electrons. The minimum Gasteiger partial charge on any atom is -0.458 e. The van der Waals surface area contributed by atoms with E-state index in [-0.39, 0.29) is 6.61 Å². The van der Waals surface area contributed by atoms with Crippen molar-refractivity contribution in [1.29, 1.82) is 0 Å². The number of pyridine rings is 1. The summed E-state index contributed by atoms with van der Waals surface area (Å²) in [6.07, 6.45) is 4.91. The van der Waals surface area contributed by atoms with E-state index in [2.05, 4.69) is 0 Å². The molecule has 0 atom stereocenters. The fourth-order valence-electron chi connectivity index (χ4n) is 2.93. The zero-order valence-corrected chi connectivity index (χ0v) is 15.7. The number of hydrogen-bond donors (Lipinski definition) is 0. The molecule has 4 nitrogen and oxygen atoms in total. The van der Waals surface area contributed by atoms with E-state index in [1.165, 1.54) is 6.08 Å². The van der Waals surface area contributed by atoms with Crippen LogP contribution in [0.4, 0.5) is 0 Å². The summed E-state index contributed by atoms with van der Waals surface area (Å²) in [5.74, 6) is -0.417. The number of esters is 1. The number of nitrogens with zero attached hydrogens (tertiary/aromatic N) is 2. The average molecular weight is 389 g/mol. The van der Waals surface area contributed by atoms with Crippen molar-refractivity contribution in [3.05, 3.63) is 101 Å². The molecule has 2 heterocycles. The Balaban J connectivity index is 1.64. The van der Waals surface area contributed by atoms with Crippen molar-refractivity contribution in [2.45, 2.75) is 6.61 Å². The fourth-order valence-corrected chi connectivity index (χ4v) is 3.09. The second kappa shape index (κ2) is 8.11. The Morgan fingerprint density at radius 1 is 1.00 bits per heavy atom. The first-order valence-corrected chi connectivity index (χ1v) is 9.20. The molecule has 4 aromatic rings. The molecule has 4 rings (SSSR count). The van der Waals surface area contributed by atoms with Crippen LogP contribution in [0.25, 0.3) is 23.0 Å². The Labute approximate surface area is 167 Å². The Kier molecular flexibility index (Phi) is 5.22. The summed E-state index contributed by atoms with van der Waals surface area (Å²) in [7, 11) is 0. The Morgan fingerprint density at radius 2 is 1.71 bits per heavy atom. The first-order chi connectivity index (χ1) is 13.7. The minimum absolute atomic E-state index is 0.231. The van der Waals surface area contributed by atoms with E-state index in [4.69, 9.17) is 21.3 Å². The summed E-state index contributed by atoms with van der Waals surface area (Å²) < 4.78 is 7.19. The normalized spacial score (nSPS) is 11.2. The summed E-state index contributed by atoms with van der Waals surface area (Å²) in [4.78, 5) is 16.9. The predicted molar refractivity (Wildman–Crippen MR) is 111 cm³/mol. The molecule has 0 saturated carbocycles. The first kappa shape index (κ1) is 18.0. The number of rotatable bonds is 5. The van der Waals surface area contributed by atoms with Gasteiger partial charge in [-0.3, -0.25) is 4.40 Å². The molecule has 0 radical (unpaired) electrons. The number of hydrogen-bond acceptors (Lipinski definition) is 3. The van der Waals surface area contributed by atoms with E-state index in [9.17, 15) is 4.79 Å². The lowest BCUT2D eigenvalue weighted by Gasteiger charge is -2.03. The van der Waals surface area contributed by atoms with Gasteiger partial charge in [0, 0.05) is 17.8 Å². The van der Waals surface area contributed by atoms with Crippen LogP contribution in [0.1, 0.15) is 11.3 Å². The van der Waals surface area contributed by atoms with Gasteiger partial charge in [0.05, 0.1) is 16.4 Å². The van der Waals surface area contributed by atoms with Gasteiger partial charge in [0.25, 0.3) is 0 Å². The molecular formula is C23H17ClN2O2. The van der Waals surface area contributed by atoms with Crippen molar-refractivity contribution < 1.29 is 9.53 Å². The summed E-state index contributed by atoms with van der Waals surface area (Å²) in [6.45, 7) is 0.231. The van der Waals surface area contributed by atoms with Gasteiger partial charge in [-0.25, -0.2) is 9.78 Å². The van der Waals surface area contributed by atoms with E-state index in [0.717, 1.165) is 28.2 Å². The first-order valence-electron chi connectivity index (χ1n) is 8.82. The molecule has 0 aliphatic rings. The second-order valence-electron chi connectivity index (χ2n) is 6.21. The highest BCUT2D eigenvalue weighted by atomic mass is 35.5. The van der Waals surface area contributed by atoms with Crippen LogP contribution in [0.15, 0.2) is 85.1 Å². The Morgan fingerprint density at radius 3 is 2.46 bits per heavy atom. The molecule has 0 aliphatic heterocycles.